The first-order valence-electron chi connectivity index (χ1n) is 7.44. The number of likely N-dealkylation sites (tertiary alicyclic amines) is 1. The van der Waals surface area contributed by atoms with Crippen LogP contribution in [-0.4, -0.2) is 49.6 Å². The van der Waals surface area contributed by atoms with E-state index in [4.69, 9.17) is 0 Å². The van der Waals surface area contributed by atoms with Gasteiger partial charge in [0.1, 0.15) is 0 Å². The maximum atomic E-state index is 11.6. The van der Waals surface area contributed by atoms with Crippen molar-refractivity contribution in [2.45, 2.75) is 52.0 Å². The van der Waals surface area contributed by atoms with Crippen LogP contribution in [0.4, 0.5) is 0 Å². The lowest BCUT2D eigenvalue weighted by molar-refractivity contribution is -0.120. The molecule has 1 unspecified atom stereocenters. The van der Waals surface area contributed by atoms with Crippen molar-refractivity contribution in [3.8, 4) is 0 Å². The van der Waals surface area contributed by atoms with Crippen molar-refractivity contribution in [2.75, 3.05) is 32.7 Å². The molecule has 1 heterocycles. The fraction of sp³-hybridized carbons (Fsp3) is 0.929. The normalized spacial score (nSPS) is 17.9. The fourth-order valence-electron chi connectivity index (χ4n) is 2.47. The third-order valence-corrected chi connectivity index (χ3v) is 3.44. The number of nitrogens with zero attached hydrogens (tertiary/aromatic N) is 1. The molecule has 4 heteroatoms. The number of nitrogens with one attached hydrogen (secondary N) is 2. The summed E-state index contributed by atoms with van der Waals surface area (Å²) in [5.74, 6) is 0.122. The highest BCUT2D eigenvalue weighted by atomic mass is 16.1. The molecule has 1 aliphatic heterocycles. The molecule has 18 heavy (non-hydrogen) atoms. The lowest BCUT2D eigenvalue weighted by atomic mass is 10.2. The summed E-state index contributed by atoms with van der Waals surface area (Å²) in [6.07, 6.45) is 6.01. The molecular weight excluding hydrogens is 226 g/mol. The van der Waals surface area contributed by atoms with Gasteiger partial charge in [0.15, 0.2) is 0 Å². The molecule has 0 aromatic carbocycles. The number of carbonyl (C=O) groups excluding carboxylic acids is 1. The van der Waals surface area contributed by atoms with Gasteiger partial charge in [-0.1, -0.05) is 13.3 Å². The highest BCUT2D eigenvalue weighted by molar-refractivity contribution is 5.78. The van der Waals surface area contributed by atoms with Crippen LogP contribution in [0.1, 0.15) is 46.0 Å². The lowest BCUT2D eigenvalue weighted by Crippen LogP contribution is -2.39. The molecule has 2 N–H and O–H groups in total. The number of hydrogen-bond acceptors (Lipinski definition) is 3. The summed E-state index contributed by atoms with van der Waals surface area (Å²) in [6.45, 7) is 9.28. The largest absolute Gasteiger partial charge is 0.353 e. The highest BCUT2D eigenvalue weighted by Crippen LogP contribution is 2.06. The van der Waals surface area contributed by atoms with Crippen LogP contribution in [-0.2, 0) is 4.79 Å². The summed E-state index contributed by atoms with van der Waals surface area (Å²) >= 11 is 0. The van der Waals surface area contributed by atoms with Gasteiger partial charge in [-0.05, 0) is 58.8 Å². The minimum atomic E-state index is 0.122. The third kappa shape index (κ3) is 6.97. The van der Waals surface area contributed by atoms with E-state index < -0.39 is 0 Å². The Labute approximate surface area is 111 Å². The second-order valence-corrected chi connectivity index (χ2v) is 5.34. The Bertz CT molecular complexity index is 227. The Morgan fingerprint density at radius 1 is 1.33 bits per heavy atom. The van der Waals surface area contributed by atoms with Crippen LogP contribution in [0.3, 0.4) is 0 Å². The molecule has 0 saturated carbocycles. The van der Waals surface area contributed by atoms with Gasteiger partial charge in [0.25, 0.3) is 0 Å². The van der Waals surface area contributed by atoms with Crippen LogP contribution in [0, 0.1) is 0 Å². The van der Waals surface area contributed by atoms with E-state index >= 15 is 0 Å². The zero-order valence-corrected chi connectivity index (χ0v) is 12.0. The van der Waals surface area contributed by atoms with Gasteiger partial charge >= 0.3 is 0 Å². The van der Waals surface area contributed by atoms with Crippen LogP contribution in [0.15, 0.2) is 0 Å². The Balaban J connectivity index is 1.91. The number of rotatable bonds is 9. The number of carbonyl (C=O) groups is 1. The molecule has 0 aromatic rings. The standard InChI is InChI=1S/C14H29N3O/c1-3-7-13(2)16-14(18)12-15-8-6-11-17-9-4-5-10-17/h13,15H,3-12H2,1-2H3,(H,16,18). The first-order valence-corrected chi connectivity index (χ1v) is 7.44. The molecule has 4 nitrogen and oxygen atoms in total. The quantitative estimate of drug-likeness (QED) is 0.612. The first kappa shape index (κ1) is 15.4. The molecule has 0 bridgehead atoms. The van der Waals surface area contributed by atoms with Gasteiger partial charge in [-0.2, -0.15) is 0 Å². The predicted molar refractivity (Wildman–Crippen MR) is 75.7 cm³/mol. The molecule has 0 spiro atoms. The van der Waals surface area contributed by atoms with Crippen molar-refractivity contribution >= 4 is 5.91 Å². The van der Waals surface area contributed by atoms with E-state index in [0.717, 1.165) is 25.8 Å². The maximum Gasteiger partial charge on any atom is 0.234 e. The molecular formula is C14H29N3O. The van der Waals surface area contributed by atoms with E-state index in [1.807, 2.05) is 0 Å². The Kier molecular flexibility index (Phi) is 8.01. The molecule has 1 rings (SSSR count). The van der Waals surface area contributed by atoms with Crippen LogP contribution >= 0.6 is 0 Å². The topological polar surface area (TPSA) is 44.4 Å². The molecule has 1 saturated heterocycles. The third-order valence-electron chi connectivity index (χ3n) is 3.44. The Morgan fingerprint density at radius 3 is 2.72 bits per heavy atom. The highest BCUT2D eigenvalue weighted by Gasteiger charge is 2.10. The summed E-state index contributed by atoms with van der Waals surface area (Å²) in [5.41, 5.74) is 0. The van der Waals surface area contributed by atoms with E-state index in [0.29, 0.717) is 12.6 Å². The molecule has 0 radical (unpaired) electrons. The van der Waals surface area contributed by atoms with Crippen LogP contribution in [0.25, 0.3) is 0 Å². The van der Waals surface area contributed by atoms with Gasteiger partial charge in [0.05, 0.1) is 6.54 Å². The van der Waals surface area contributed by atoms with Gasteiger partial charge < -0.3 is 15.5 Å². The SMILES string of the molecule is CCCC(C)NC(=O)CNCCCN1CCCC1. The number of hydrogen-bond donors (Lipinski definition) is 2. The van der Waals surface area contributed by atoms with Crippen molar-refractivity contribution in [1.29, 1.82) is 0 Å². The van der Waals surface area contributed by atoms with E-state index in [9.17, 15) is 4.79 Å². The molecule has 1 amide bonds. The van der Waals surface area contributed by atoms with Crippen LogP contribution in [0.2, 0.25) is 0 Å². The molecule has 1 atom stereocenters. The number of amides is 1. The maximum absolute atomic E-state index is 11.6. The first-order chi connectivity index (χ1) is 8.72. The molecule has 1 fully saturated rings. The van der Waals surface area contributed by atoms with Crippen molar-refractivity contribution < 1.29 is 4.79 Å². The molecule has 1 aliphatic rings. The zero-order chi connectivity index (χ0) is 13.2. The fourth-order valence-corrected chi connectivity index (χ4v) is 2.47. The molecule has 106 valence electrons. The van der Waals surface area contributed by atoms with Crippen molar-refractivity contribution in [3.05, 3.63) is 0 Å². The second kappa shape index (κ2) is 9.34. The predicted octanol–water partition coefficient (Wildman–Crippen LogP) is 1.37. The van der Waals surface area contributed by atoms with Gasteiger partial charge in [0.2, 0.25) is 5.91 Å². The Hall–Kier alpha value is -0.610. The minimum Gasteiger partial charge on any atom is -0.353 e. The zero-order valence-electron chi connectivity index (χ0n) is 12.0. The van der Waals surface area contributed by atoms with Crippen molar-refractivity contribution in [3.63, 3.8) is 0 Å². The van der Waals surface area contributed by atoms with E-state index in [1.54, 1.807) is 0 Å². The molecule has 0 aromatic heterocycles. The van der Waals surface area contributed by atoms with Gasteiger partial charge in [-0.25, -0.2) is 0 Å². The average Bonchev–Trinajstić information content (AvgIpc) is 2.81. The van der Waals surface area contributed by atoms with E-state index in [2.05, 4.69) is 29.4 Å². The summed E-state index contributed by atoms with van der Waals surface area (Å²) in [5, 5.41) is 6.22. The van der Waals surface area contributed by atoms with Gasteiger partial charge in [-0.3, -0.25) is 4.79 Å². The Morgan fingerprint density at radius 2 is 2.06 bits per heavy atom. The average molecular weight is 255 g/mol. The summed E-state index contributed by atoms with van der Waals surface area (Å²) in [6, 6.07) is 0.300. The van der Waals surface area contributed by atoms with Crippen molar-refractivity contribution in [2.24, 2.45) is 0 Å². The monoisotopic (exact) mass is 255 g/mol. The lowest BCUT2D eigenvalue weighted by Gasteiger charge is -2.15. The van der Waals surface area contributed by atoms with Gasteiger partial charge in [-0.15, -0.1) is 0 Å². The second-order valence-electron chi connectivity index (χ2n) is 5.34. The molecule has 0 aliphatic carbocycles. The summed E-state index contributed by atoms with van der Waals surface area (Å²) in [4.78, 5) is 14.1. The minimum absolute atomic E-state index is 0.122. The van der Waals surface area contributed by atoms with Crippen LogP contribution in [0.5, 0.6) is 0 Å². The van der Waals surface area contributed by atoms with Crippen LogP contribution < -0.4 is 10.6 Å². The van der Waals surface area contributed by atoms with Gasteiger partial charge in [0, 0.05) is 6.04 Å². The van der Waals surface area contributed by atoms with E-state index in [1.165, 1.54) is 32.5 Å². The van der Waals surface area contributed by atoms with Crippen molar-refractivity contribution in [1.82, 2.24) is 15.5 Å². The smallest absolute Gasteiger partial charge is 0.234 e. The summed E-state index contributed by atoms with van der Waals surface area (Å²) < 4.78 is 0. The summed E-state index contributed by atoms with van der Waals surface area (Å²) in [7, 11) is 0. The van der Waals surface area contributed by atoms with E-state index in [-0.39, 0.29) is 5.91 Å².